The van der Waals surface area contributed by atoms with Crippen molar-refractivity contribution in [3.8, 4) is 0 Å². The Morgan fingerprint density at radius 1 is 1.11 bits per heavy atom. The Kier molecular flexibility index (Phi) is 7.79. The third kappa shape index (κ3) is 5.29. The van der Waals surface area contributed by atoms with Gasteiger partial charge in [0.25, 0.3) is 0 Å². The molecule has 0 bridgehead atoms. The van der Waals surface area contributed by atoms with Crippen molar-refractivity contribution >= 4 is 46.7 Å². The molecular formula is C21H16Cl2F8N2OS. The third-order valence-electron chi connectivity index (χ3n) is 5.41. The van der Waals surface area contributed by atoms with Crippen LogP contribution in [0.25, 0.3) is 0 Å². The molecule has 0 spiro atoms. The predicted octanol–water partition coefficient (Wildman–Crippen LogP) is 7.63. The fourth-order valence-corrected chi connectivity index (χ4v) is 5.34. The summed E-state index contributed by atoms with van der Waals surface area (Å²) in [6.07, 6.45) is -10.7. The summed E-state index contributed by atoms with van der Waals surface area (Å²) in [4.78, 5) is 11.4. The highest BCUT2D eigenvalue weighted by Crippen LogP contribution is 2.59. The lowest BCUT2D eigenvalue weighted by Gasteiger charge is -2.32. The van der Waals surface area contributed by atoms with Crippen LogP contribution >= 0.6 is 35.1 Å². The zero-order valence-corrected chi connectivity index (χ0v) is 20.0. The number of rotatable bonds is 5. The van der Waals surface area contributed by atoms with E-state index in [4.69, 9.17) is 23.2 Å². The third-order valence-corrected chi connectivity index (χ3v) is 7.60. The topological polar surface area (TPSA) is 32.3 Å². The predicted molar refractivity (Wildman–Crippen MR) is 117 cm³/mol. The Bertz CT molecular complexity index is 1140. The van der Waals surface area contributed by atoms with E-state index in [1.807, 2.05) is 0 Å². The summed E-state index contributed by atoms with van der Waals surface area (Å²) in [6, 6.07) is 3.37. The molecule has 3 nitrogen and oxygen atoms in total. The van der Waals surface area contributed by atoms with Gasteiger partial charge in [-0.1, -0.05) is 36.2 Å². The zero-order valence-electron chi connectivity index (χ0n) is 17.7. The van der Waals surface area contributed by atoms with Gasteiger partial charge in [0.1, 0.15) is 10.8 Å². The van der Waals surface area contributed by atoms with Gasteiger partial charge < -0.3 is 9.62 Å². The average Bonchev–Trinajstić information content (AvgIpc) is 3.24. The molecule has 1 aliphatic rings. The first-order valence-electron chi connectivity index (χ1n) is 9.96. The summed E-state index contributed by atoms with van der Waals surface area (Å²) in [7, 11) is 0. The van der Waals surface area contributed by atoms with E-state index in [9.17, 15) is 39.9 Å². The van der Waals surface area contributed by atoms with E-state index >= 15 is 0 Å². The largest absolute Gasteiger partial charge is 0.416 e. The Morgan fingerprint density at radius 3 is 2.34 bits per heavy atom. The van der Waals surface area contributed by atoms with Gasteiger partial charge in [0.05, 0.1) is 10.6 Å². The van der Waals surface area contributed by atoms with Crippen molar-refractivity contribution in [2.75, 3.05) is 10.8 Å². The molecule has 192 valence electrons. The second-order valence-corrected chi connectivity index (χ2v) is 9.69. The quantitative estimate of drug-likeness (QED) is 0.175. The molecule has 1 amide bonds. The molecule has 0 radical (unpaired) electrons. The lowest BCUT2D eigenvalue weighted by Crippen LogP contribution is -2.38. The minimum absolute atomic E-state index is 0.0473. The van der Waals surface area contributed by atoms with Crippen LogP contribution in [-0.2, 0) is 22.3 Å². The zero-order chi connectivity index (χ0) is 26.3. The van der Waals surface area contributed by atoms with Crippen LogP contribution in [0.5, 0.6) is 0 Å². The number of benzene rings is 2. The lowest BCUT2D eigenvalue weighted by molar-refractivity contribution is -0.162. The second kappa shape index (κ2) is 9.85. The number of nitrogens with one attached hydrogen (secondary N) is 1. The number of alkyl halides is 6. The van der Waals surface area contributed by atoms with Crippen molar-refractivity contribution in [2.45, 2.75) is 43.4 Å². The van der Waals surface area contributed by atoms with E-state index in [0.29, 0.717) is 12.1 Å². The highest BCUT2D eigenvalue weighted by molar-refractivity contribution is 8.01. The van der Waals surface area contributed by atoms with E-state index in [-0.39, 0.29) is 29.6 Å². The Balaban J connectivity index is 2.04. The number of amides is 1. The van der Waals surface area contributed by atoms with Gasteiger partial charge >= 0.3 is 12.4 Å². The van der Waals surface area contributed by atoms with E-state index < -0.39 is 75.3 Å². The minimum atomic E-state index is -5.10. The van der Waals surface area contributed by atoms with Crippen molar-refractivity contribution in [3.63, 3.8) is 0 Å². The first-order chi connectivity index (χ1) is 16.1. The fourth-order valence-electron chi connectivity index (χ4n) is 3.57. The number of carbonyl (C=O) groups is 1. The van der Waals surface area contributed by atoms with Gasteiger partial charge in [-0.05, 0) is 42.1 Å². The number of hydrogen-bond donors (Lipinski definition) is 1. The highest BCUT2D eigenvalue weighted by Gasteiger charge is 2.62. The normalized spacial score (nSPS) is 18.8. The van der Waals surface area contributed by atoms with Crippen LogP contribution in [0.3, 0.4) is 0 Å². The summed E-state index contributed by atoms with van der Waals surface area (Å²) in [6.45, 7) is 0.670. The van der Waals surface area contributed by atoms with E-state index in [1.165, 1.54) is 13.0 Å². The molecule has 14 heteroatoms. The molecule has 1 saturated heterocycles. The maximum absolute atomic E-state index is 14.7. The van der Waals surface area contributed by atoms with Gasteiger partial charge in [0, 0.05) is 30.8 Å². The first-order valence-corrected chi connectivity index (χ1v) is 11.5. The lowest BCUT2D eigenvalue weighted by atomic mass is 9.93. The molecule has 0 aliphatic carbocycles. The summed E-state index contributed by atoms with van der Waals surface area (Å²) in [5, 5.41) is 0.280. The van der Waals surface area contributed by atoms with Gasteiger partial charge in [-0.2, -0.15) is 26.3 Å². The minimum Gasteiger partial charge on any atom is -0.352 e. The number of nitrogens with zero attached hydrogens (tertiary/aromatic N) is 1. The molecule has 1 N–H and O–H groups in total. The second-order valence-electron chi connectivity index (χ2n) is 7.59. The van der Waals surface area contributed by atoms with Crippen LogP contribution in [0.1, 0.15) is 36.5 Å². The smallest absolute Gasteiger partial charge is 0.352 e. The van der Waals surface area contributed by atoms with Crippen LogP contribution in [0, 0.1) is 11.6 Å². The van der Waals surface area contributed by atoms with E-state index in [1.54, 1.807) is 0 Å². The Hall–Kier alpha value is -1.92. The molecule has 2 aromatic carbocycles. The van der Waals surface area contributed by atoms with Gasteiger partial charge in [-0.3, -0.25) is 4.79 Å². The van der Waals surface area contributed by atoms with Crippen molar-refractivity contribution in [3.05, 3.63) is 62.6 Å². The fraction of sp³-hybridized carbons (Fsp3) is 0.381. The maximum Gasteiger partial charge on any atom is 0.416 e. The first kappa shape index (κ1) is 27.7. The summed E-state index contributed by atoms with van der Waals surface area (Å²) in [5.41, 5.74) is -2.67. The Morgan fingerprint density at radius 2 is 1.77 bits per heavy atom. The molecule has 1 unspecified atom stereocenters. The standard InChI is InChI=1S/C21H16Cl2F8N2OS/c1-2-15(34)32-9-10-3-4-11(7-12(10)20(26,27)28)33-6-5-19(35-33,21(29,30)31)13-8-14(22)18(25)16(23)17(13)24/h3-4,7-8H,2,5-6,9H2,1H3,(H,32,34). The molecule has 0 saturated carbocycles. The van der Waals surface area contributed by atoms with Crippen LogP contribution in [0.15, 0.2) is 24.3 Å². The van der Waals surface area contributed by atoms with Gasteiger partial charge in [-0.15, -0.1) is 0 Å². The maximum atomic E-state index is 14.7. The number of hydrogen-bond acceptors (Lipinski definition) is 3. The summed E-state index contributed by atoms with van der Waals surface area (Å²) < 4.78 is 110. The average molecular weight is 567 g/mol. The molecule has 35 heavy (non-hydrogen) atoms. The summed E-state index contributed by atoms with van der Waals surface area (Å²) >= 11 is 11.2. The number of halogens is 10. The van der Waals surface area contributed by atoms with Gasteiger partial charge in [-0.25, -0.2) is 8.78 Å². The van der Waals surface area contributed by atoms with Crippen molar-refractivity contribution in [1.29, 1.82) is 0 Å². The molecule has 1 atom stereocenters. The van der Waals surface area contributed by atoms with Crippen molar-refractivity contribution < 1.29 is 39.9 Å². The highest BCUT2D eigenvalue weighted by atomic mass is 35.5. The molecule has 1 aliphatic heterocycles. The summed E-state index contributed by atoms with van der Waals surface area (Å²) in [5.74, 6) is -3.56. The van der Waals surface area contributed by atoms with Gasteiger partial charge in [0.15, 0.2) is 10.6 Å². The number of carbonyl (C=O) groups excluding carboxylic acids is 1. The monoisotopic (exact) mass is 566 g/mol. The van der Waals surface area contributed by atoms with Crippen LogP contribution < -0.4 is 9.62 Å². The van der Waals surface area contributed by atoms with Crippen LogP contribution in [0.2, 0.25) is 10.0 Å². The van der Waals surface area contributed by atoms with E-state index in [0.717, 1.165) is 10.4 Å². The molecule has 3 rings (SSSR count). The SMILES string of the molecule is CCC(=O)NCc1ccc(N2CCC(c3cc(Cl)c(F)c(Cl)c3F)(C(F)(F)F)S2)cc1C(F)(F)F. The van der Waals surface area contributed by atoms with Crippen molar-refractivity contribution in [1.82, 2.24) is 5.32 Å². The molecule has 0 aromatic heterocycles. The van der Waals surface area contributed by atoms with Crippen LogP contribution in [-0.4, -0.2) is 18.6 Å². The van der Waals surface area contributed by atoms with Crippen molar-refractivity contribution in [2.24, 2.45) is 0 Å². The molecule has 1 heterocycles. The van der Waals surface area contributed by atoms with Crippen LogP contribution in [0.4, 0.5) is 40.8 Å². The van der Waals surface area contributed by atoms with Gasteiger partial charge in [0.2, 0.25) is 5.91 Å². The molecular weight excluding hydrogens is 551 g/mol. The molecule has 2 aromatic rings. The number of anilines is 1. The van der Waals surface area contributed by atoms with E-state index in [2.05, 4.69) is 5.32 Å². The molecule has 1 fully saturated rings. The Labute approximate surface area is 208 Å².